The van der Waals surface area contributed by atoms with E-state index in [4.69, 9.17) is 4.74 Å². The number of fused-ring (bicyclic) bond motifs is 2. The Hall–Kier alpha value is -3.24. The van der Waals surface area contributed by atoms with Crippen molar-refractivity contribution in [3.05, 3.63) is 58.5 Å². The maximum Gasteiger partial charge on any atom is 0.303 e. The summed E-state index contributed by atoms with van der Waals surface area (Å²) in [5.74, 6) is -4.82. The van der Waals surface area contributed by atoms with Gasteiger partial charge < -0.3 is 20.1 Å². The highest BCUT2D eigenvalue weighted by Crippen LogP contribution is 2.45. The molecular weight excluding hydrogens is 485 g/mol. The first-order chi connectivity index (χ1) is 17.2. The molecular formula is C27H31F3N4O3. The Bertz CT molecular complexity index is 1390. The largest absolute Gasteiger partial charge is 0.384 e. The lowest BCUT2D eigenvalue weighted by Gasteiger charge is -2.30. The van der Waals surface area contributed by atoms with Crippen LogP contribution < -0.4 is 10.2 Å². The Morgan fingerprint density at radius 1 is 1.22 bits per heavy atom. The van der Waals surface area contributed by atoms with Crippen molar-refractivity contribution < 1.29 is 27.8 Å². The highest BCUT2D eigenvalue weighted by Gasteiger charge is 2.49. The number of amides is 1. The standard InChI is InChI=1S/C27H31F3N4O3/c1-8-20-16-12-19-21(34(6)24(35)26(19,5)37-7)13-17(16)23(33-32-20)31-14(2)15-10-9-11-18(22(15)28)27(29,30)25(3,4)36/h9-14,36H,8H2,1-7H3,(H,31,33)/t14-,26?/m1/s1. The average molecular weight is 517 g/mol. The van der Waals surface area contributed by atoms with Gasteiger partial charge in [0.2, 0.25) is 0 Å². The van der Waals surface area contributed by atoms with Gasteiger partial charge >= 0.3 is 5.92 Å². The fourth-order valence-electron chi connectivity index (χ4n) is 4.75. The second-order valence-corrected chi connectivity index (χ2v) is 10.1. The van der Waals surface area contributed by atoms with E-state index in [9.17, 15) is 18.7 Å². The number of rotatable bonds is 7. The number of carbonyl (C=O) groups is 1. The van der Waals surface area contributed by atoms with Crippen LogP contribution in [0, 0.1) is 5.82 Å². The molecule has 37 heavy (non-hydrogen) atoms. The summed E-state index contributed by atoms with van der Waals surface area (Å²) in [6, 6.07) is 6.60. The first-order valence-corrected chi connectivity index (χ1v) is 12.0. The number of aryl methyl sites for hydroxylation is 1. The zero-order valence-corrected chi connectivity index (χ0v) is 21.9. The molecule has 0 radical (unpaired) electrons. The van der Waals surface area contributed by atoms with Gasteiger partial charge in [-0.2, -0.15) is 13.9 Å². The monoisotopic (exact) mass is 516 g/mol. The lowest BCUT2D eigenvalue weighted by Crippen LogP contribution is -2.41. The molecule has 1 amide bonds. The van der Waals surface area contributed by atoms with Gasteiger partial charge in [0.1, 0.15) is 11.4 Å². The minimum absolute atomic E-state index is 0.0173. The number of aliphatic hydroxyl groups is 1. The smallest absolute Gasteiger partial charge is 0.303 e. The van der Waals surface area contributed by atoms with E-state index in [2.05, 4.69) is 15.5 Å². The average Bonchev–Trinajstić information content (AvgIpc) is 3.03. The van der Waals surface area contributed by atoms with Gasteiger partial charge in [-0.05, 0) is 52.3 Å². The van der Waals surface area contributed by atoms with E-state index in [0.29, 0.717) is 34.6 Å². The quantitative estimate of drug-likeness (QED) is 0.449. The molecule has 0 spiro atoms. The molecule has 7 nitrogen and oxygen atoms in total. The molecule has 1 aromatic heterocycles. The number of likely N-dealkylation sites (N-methyl/N-ethyl adjacent to an activating group) is 1. The third kappa shape index (κ3) is 4.02. The van der Waals surface area contributed by atoms with E-state index >= 15 is 4.39 Å². The van der Waals surface area contributed by atoms with Crippen molar-refractivity contribution in [3.63, 3.8) is 0 Å². The van der Waals surface area contributed by atoms with Crippen molar-refractivity contribution in [1.82, 2.24) is 10.2 Å². The Morgan fingerprint density at radius 3 is 2.49 bits per heavy atom. The Kier molecular flexibility index (Phi) is 6.49. The third-order valence-electron chi connectivity index (χ3n) is 7.26. The molecule has 2 N–H and O–H groups in total. The molecule has 1 unspecified atom stereocenters. The number of nitrogens with one attached hydrogen (secondary N) is 1. The highest BCUT2D eigenvalue weighted by molar-refractivity contribution is 6.10. The Balaban J connectivity index is 1.82. The molecule has 3 aromatic rings. The minimum atomic E-state index is -3.81. The number of hydrogen-bond donors (Lipinski definition) is 2. The van der Waals surface area contributed by atoms with E-state index < -0.39 is 34.5 Å². The SMILES string of the molecule is CCc1nnc(N[C@H](C)c2cccc(C(F)(F)C(C)(C)O)c2F)c2cc3c(cc12)C(C)(OC)C(=O)N3C. The summed E-state index contributed by atoms with van der Waals surface area (Å²) in [6.07, 6.45) is 0.578. The van der Waals surface area contributed by atoms with Crippen molar-refractivity contribution in [2.24, 2.45) is 0 Å². The van der Waals surface area contributed by atoms with E-state index in [0.717, 1.165) is 25.3 Å². The number of carbonyl (C=O) groups excluding carboxylic acids is 1. The van der Waals surface area contributed by atoms with E-state index in [1.165, 1.54) is 24.1 Å². The number of hydrogen-bond acceptors (Lipinski definition) is 6. The first-order valence-electron chi connectivity index (χ1n) is 12.0. The number of ether oxygens (including phenoxy) is 1. The Morgan fingerprint density at radius 2 is 1.89 bits per heavy atom. The van der Waals surface area contributed by atoms with E-state index in [1.54, 1.807) is 20.9 Å². The molecule has 2 atom stereocenters. The van der Waals surface area contributed by atoms with Crippen LogP contribution in [0.15, 0.2) is 30.3 Å². The van der Waals surface area contributed by atoms with Crippen LogP contribution in [0.2, 0.25) is 0 Å². The zero-order chi connectivity index (χ0) is 27.5. The van der Waals surface area contributed by atoms with Gasteiger partial charge in [-0.25, -0.2) is 4.39 Å². The predicted octanol–water partition coefficient (Wildman–Crippen LogP) is 5.21. The number of anilines is 2. The zero-order valence-electron chi connectivity index (χ0n) is 21.9. The van der Waals surface area contributed by atoms with Crippen LogP contribution >= 0.6 is 0 Å². The lowest BCUT2D eigenvalue weighted by atomic mass is 9.90. The van der Waals surface area contributed by atoms with Gasteiger partial charge in [-0.1, -0.05) is 19.1 Å². The maximum atomic E-state index is 15.4. The fourth-order valence-corrected chi connectivity index (χ4v) is 4.75. The third-order valence-corrected chi connectivity index (χ3v) is 7.26. The molecule has 1 aliphatic rings. The van der Waals surface area contributed by atoms with Crippen molar-refractivity contribution in [2.45, 2.75) is 64.2 Å². The Labute approximate surface area is 213 Å². The normalized spacial score (nSPS) is 18.9. The molecule has 0 saturated heterocycles. The number of methoxy groups -OCH3 is 1. The molecule has 2 aromatic carbocycles. The van der Waals surface area contributed by atoms with Gasteiger partial charge in [-0.3, -0.25) is 4.79 Å². The summed E-state index contributed by atoms with van der Waals surface area (Å²) in [6.45, 7) is 7.14. The molecule has 198 valence electrons. The number of benzene rings is 2. The van der Waals surface area contributed by atoms with Crippen LogP contribution in [0.4, 0.5) is 24.7 Å². The molecule has 0 aliphatic carbocycles. The van der Waals surface area contributed by atoms with Crippen molar-refractivity contribution >= 4 is 28.2 Å². The highest BCUT2D eigenvalue weighted by atomic mass is 19.3. The van der Waals surface area contributed by atoms with Crippen molar-refractivity contribution in [2.75, 3.05) is 24.4 Å². The summed E-state index contributed by atoms with van der Waals surface area (Å²) < 4.78 is 50.5. The molecule has 4 rings (SSSR count). The second kappa shape index (κ2) is 8.95. The minimum Gasteiger partial charge on any atom is -0.384 e. The summed E-state index contributed by atoms with van der Waals surface area (Å²) >= 11 is 0. The number of nitrogens with zero attached hydrogens (tertiary/aromatic N) is 3. The fraction of sp³-hybridized carbons (Fsp3) is 0.444. The topological polar surface area (TPSA) is 87.6 Å². The summed E-state index contributed by atoms with van der Waals surface area (Å²) in [5.41, 5.74) is -2.47. The van der Waals surface area contributed by atoms with Crippen LogP contribution in [0.3, 0.4) is 0 Å². The van der Waals surface area contributed by atoms with Gasteiger partial charge in [0, 0.05) is 36.1 Å². The van der Waals surface area contributed by atoms with Crippen LogP contribution in [0.1, 0.15) is 63.0 Å². The molecule has 10 heteroatoms. The lowest BCUT2D eigenvalue weighted by molar-refractivity contribution is -0.170. The maximum absolute atomic E-state index is 15.4. The van der Waals surface area contributed by atoms with Gasteiger partial charge in [0.05, 0.1) is 23.0 Å². The van der Waals surface area contributed by atoms with Crippen molar-refractivity contribution in [3.8, 4) is 0 Å². The summed E-state index contributed by atoms with van der Waals surface area (Å²) in [5, 5.41) is 23.1. The van der Waals surface area contributed by atoms with E-state index in [-0.39, 0.29) is 11.5 Å². The van der Waals surface area contributed by atoms with Crippen LogP contribution in [0.25, 0.3) is 10.8 Å². The van der Waals surface area contributed by atoms with Crippen LogP contribution in [0.5, 0.6) is 0 Å². The molecule has 0 bridgehead atoms. The number of aromatic nitrogens is 2. The molecule has 1 aliphatic heterocycles. The van der Waals surface area contributed by atoms with Gasteiger partial charge in [0.25, 0.3) is 5.91 Å². The number of halogens is 3. The van der Waals surface area contributed by atoms with Crippen LogP contribution in [-0.2, 0) is 27.5 Å². The van der Waals surface area contributed by atoms with Gasteiger partial charge in [-0.15, -0.1) is 5.10 Å². The molecule has 0 saturated carbocycles. The molecule has 2 heterocycles. The summed E-state index contributed by atoms with van der Waals surface area (Å²) in [7, 11) is 3.14. The molecule has 0 fully saturated rings. The second-order valence-electron chi connectivity index (χ2n) is 10.1. The van der Waals surface area contributed by atoms with Gasteiger partial charge in [0.15, 0.2) is 11.4 Å². The number of alkyl halides is 2. The first kappa shape index (κ1) is 26.8. The van der Waals surface area contributed by atoms with Crippen LogP contribution in [-0.4, -0.2) is 41.0 Å². The predicted molar refractivity (Wildman–Crippen MR) is 135 cm³/mol. The summed E-state index contributed by atoms with van der Waals surface area (Å²) in [4.78, 5) is 14.5. The van der Waals surface area contributed by atoms with E-state index in [1.807, 2.05) is 19.1 Å². The van der Waals surface area contributed by atoms with Crippen molar-refractivity contribution in [1.29, 1.82) is 0 Å².